The topological polar surface area (TPSA) is 23.6 Å². The molecule has 2 saturated heterocycles. The van der Waals surface area contributed by atoms with Crippen LogP contribution in [0.1, 0.15) is 61.8 Å². The van der Waals surface area contributed by atoms with Crippen LogP contribution in [0.15, 0.2) is 41.8 Å². The van der Waals surface area contributed by atoms with Gasteiger partial charge in [-0.15, -0.1) is 11.3 Å². The van der Waals surface area contributed by atoms with E-state index in [4.69, 9.17) is 0 Å². The van der Waals surface area contributed by atoms with Crippen LogP contribution in [0.5, 0.6) is 0 Å². The molecule has 0 saturated carbocycles. The fourth-order valence-corrected chi connectivity index (χ4v) is 6.09. The van der Waals surface area contributed by atoms with E-state index >= 15 is 0 Å². The van der Waals surface area contributed by atoms with Gasteiger partial charge in [-0.25, -0.2) is 0 Å². The zero-order valence-electron chi connectivity index (χ0n) is 17.9. The fourth-order valence-electron chi connectivity index (χ4n) is 5.30. The second-order valence-electron chi connectivity index (χ2n) is 8.87. The molecule has 3 heterocycles. The number of aryl methyl sites for hydroxylation is 1. The third-order valence-electron chi connectivity index (χ3n) is 7.16. The number of nitrogens with zero attached hydrogens (tertiary/aromatic N) is 2. The molecule has 156 valence electrons. The molecule has 1 aromatic heterocycles. The Morgan fingerprint density at radius 1 is 1.03 bits per heavy atom. The molecule has 29 heavy (non-hydrogen) atoms. The quantitative estimate of drug-likeness (QED) is 0.572. The Balaban J connectivity index is 1.32. The summed E-state index contributed by atoms with van der Waals surface area (Å²) in [5.74, 6) is 1.05. The van der Waals surface area contributed by atoms with Gasteiger partial charge in [0.15, 0.2) is 0 Å². The monoisotopic (exact) mass is 410 g/mol. The molecule has 0 aliphatic carbocycles. The largest absolute Gasteiger partial charge is 0.312 e. The van der Waals surface area contributed by atoms with Crippen LogP contribution in [-0.4, -0.2) is 37.0 Å². The van der Waals surface area contributed by atoms with Crippen LogP contribution in [0.25, 0.3) is 0 Å². The number of carbonyl (C=O) groups excluding carboxylic acids is 1. The Kier molecular flexibility index (Phi) is 6.41. The van der Waals surface area contributed by atoms with Crippen LogP contribution in [0, 0.1) is 12.3 Å². The molecule has 3 nitrogen and oxygen atoms in total. The van der Waals surface area contributed by atoms with Crippen molar-refractivity contribution in [1.82, 2.24) is 4.90 Å². The van der Waals surface area contributed by atoms with Crippen molar-refractivity contribution in [1.29, 1.82) is 0 Å². The number of thiophene rings is 1. The maximum Gasteiger partial charge on any atom is 0.233 e. The lowest BCUT2D eigenvalue weighted by molar-refractivity contribution is -0.128. The molecule has 1 spiro atoms. The van der Waals surface area contributed by atoms with Gasteiger partial charge in [-0.1, -0.05) is 31.5 Å². The maximum absolute atomic E-state index is 13.2. The van der Waals surface area contributed by atoms with Crippen LogP contribution < -0.4 is 4.90 Å². The lowest BCUT2D eigenvalue weighted by atomic mass is 9.77. The highest BCUT2D eigenvalue weighted by molar-refractivity contribution is 7.10. The van der Waals surface area contributed by atoms with E-state index in [1.54, 1.807) is 5.56 Å². The van der Waals surface area contributed by atoms with Crippen molar-refractivity contribution in [3.8, 4) is 0 Å². The first-order chi connectivity index (χ1) is 14.1. The summed E-state index contributed by atoms with van der Waals surface area (Å²) >= 11 is 1.88. The van der Waals surface area contributed by atoms with E-state index < -0.39 is 0 Å². The van der Waals surface area contributed by atoms with E-state index in [0.29, 0.717) is 11.8 Å². The molecule has 2 fully saturated rings. The first-order valence-corrected chi connectivity index (χ1v) is 12.1. The predicted molar refractivity (Wildman–Crippen MR) is 123 cm³/mol. The average molecular weight is 411 g/mol. The second-order valence-corrected chi connectivity index (χ2v) is 9.99. The number of piperidine rings is 1. The predicted octanol–water partition coefficient (Wildman–Crippen LogP) is 5.85. The lowest BCUT2D eigenvalue weighted by Crippen LogP contribution is -2.45. The summed E-state index contributed by atoms with van der Waals surface area (Å²) in [7, 11) is 0. The summed E-state index contributed by atoms with van der Waals surface area (Å²) in [6.45, 7) is 8.72. The van der Waals surface area contributed by atoms with Gasteiger partial charge in [0, 0.05) is 17.1 Å². The van der Waals surface area contributed by atoms with Crippen molar-refractivity contribution in [3.05, 3.63) is 52.2 Å². The Labute approximate surface area is 179 Å². The number of benzene rings is 1. The van der Waals surface area contributed by atoms with E-state index in [9.17, 15) is 4.79 Å². The number of hydrogen-bond donors (Lipinski definition) is 0. The highest BCUT2D eigenvalue weighted by atomic mass is 32.1. The summed E-state index contributed by atoms with van der Waals surface area (Å²) < 4.78 is 0. The molecule has 0 bridgehead atoms. The van der Waals surface area contributed by atoms with E-state index in [1.807, 2.05) is 34.4 Å². The molecular weight excluding hydrogens is 376 g/mol. The lowest BCUT2D eigenvalue weighted by Gasteiger charge is -2.38. The molecule has 4 heteroatoms. The van der Waals surface area contributed by atoms with Gasteiger partial charge in [0.25, 0.3) is 0 Å². The van der Waals surface area contributed by atoms with Crippen molar-refractivity contribution in [3.63, 3.8) is 0 Å². The molecule has 0 radical (unpaired) electrons. The van der Waals surface area contributed by atoms with Crippen molar-refractivity contribution < 1.29 is 4.79 Å². The summed E-state index contributed by atoms with van der Waals surface area (Å²) in [4.78, 5) is 19.4. The summed E-state index contributed by atoms with van der Waals surface area (Å²) in [6.07, 6.45) is 6.81. The molecule has 2 aliphatic heterocycles. The van der Waals surface area contributed by atoms with Crippen LogP contribution in [-0.2, 0) is 4.79 Å². The summed E-state index contributed by atoms with van der Waals surface area (Å²) in [5, 5.41) is 2.24. The van der Waals surface area contributed by atoms with E-state index in [1.165, 1.54) is 24.1 Å². The molecule has 2 aromatic rings. The van der Waals surface area contributed by atoms with Gasteiger partial charge in [0.1, 0.15) is 0 Å². The number of para-hydroxylation sites is 1. The number of amides is 1. The average Bonchev–Trinajstić information content (AvgIpc) is 3.31. The van der Waals surface area contributed by atoms with Crippen LogP contribution >= 0.6 is 11.3 Å². The van der Waals surface area contributed by atoms with Crippen LogP contribution in [0.2, 0.25) is 0 Å². The van der Waals surface area contributed by atoms with Crippen molar-refractivity contribution >= 4 is 22.9 Å². The number of rotatable bonds is 7. The molecule has 1 atom stereocenters. The molecule has 1 unspecified atom stereocenters. The molecule has 2 aliphatic rings. The first-order valence-electron chi connectivity index (χ1n) is 11.3. The van der Waals surface area contributed by atoms with Crippen molar-refractivity contribution in [2.45, 2.75) is 58.3 Å². The van der Waals surface area contributed by atoms with Gasteiger partial charge in [-0.2, -0.15) is 0 Å². The van der Waals surface area contributed by atoms with Gasteiger partial charge < -0.3 is 9.80 Å². The molecule has 1 amide bonds. The van der Waals surface area contributed by atoms with Crippen molar-refractivity contribution in [2.75, 3.05) is 31.1 Å². The highest BCUT2D eigenvalue weighted by Gasteiger charge is 2.48. The Morgan fingerprint density at radius 3 is 2.41 bits per heavy atom. The normalized spacial score (nSPS) is 20.5. The minimum Gasteiger partial charge on any atom is -0.312 e. The fraction of sp³-hybridized carbons (Fsp3) is 0.560. The van der Waals surface area contributed by atoms with E-state index in [-0.39, 0.29) is 5.41 Å². The Hall–Kier alpha value is -1.65. The third kappa shape index (κ3) is 4.29. The van der Waals surface area contributed by atoms with E-state index in [0.717, 1.165) is 51.1 Å². The molecule has 0 N–H and O–H groups in total. The van der Waals surface area contributed by atoms with Gasteiger partial charge in [0.05, 0.1) is 5.41 Å². The number of anilines is 1. The number of likely N-dealkylation sites (tertiary alicyclic amines) is 1. The summed E-state index contributed by atoms with van der Waals surface area (Å²) in [5.41, 5.74) is 2.51. The highest BCUT2D eigenvalue weighted by Crippen LogP contribution is 2.43. The second kappa shape index (κ2) is 9.01. The number of carbonyl (C=O) groups is 1. The Morgan fingerprint density at radius 2 is 1.76 bits per heavy atom. The van der Waals surface area contributed by atoms with Gasteiger partial charge in [-0.05, 0) is 93.7 Å². The minimum absolute atomic E-state index is 0.112. The Bertz CT molecular complexity index is 807. The zero-order valence-corrected chi connectivity index (χ0v) is 18.7. The van der Waals surface area contributed by atoms with Crippen molar-refractivity contribution in [2.24, 2.45) is 5.41 Å². The zero-order chi connectivity index (χ0) is 20.3. The van der Waals surface area contributed by atoms with Crippen LogP contribution in [0.4, 0.5) is 5.69 Å². The first kappa shape index (κ1) is 20.6. The summed E-state index contributed by atoms with van der Waals surface area (Å²) in [6, 6.07) is 12.5. The number of hydrogen-bond acceptors (Lipinski definition) is 3. The standard InChI is InChI=1S/C25H34N2OS/c1-3-7-21(23-11-19-29-20(23)2)10-15-26-16-12-25(13-17-26)14-18-27(24(25)28)22-8-5-4-6-9-22/h4-6,8-9,11,19,21H,3,7,10,12-18H2,1-2H3. The molecular formula is C25H34N2OS. The SMILES string of the molecule is CCCC(CCN1CCC2(CC1)CCN(c1ccccc1)C2=O)c1ccsc1C. The minimum atomic E-state index is -0.112. The molecule has 4 rings (SSSR count). The van der Waals surface area contributed by atoms with Crippen LogP contribution in [0.3, 0.4) is 0 Å². The van der Waals surface area contributed by atoms with Gasteiger partial charge >= 0.3 is 0 Å². The molecule has 1 aromatic carbocycles. The van der Waals surface area contributed by atoms with E-state index in [2.05, 4.69) is 42.3 Å². The van der Waals surface area contributed by atoms with Gasteiger partial charge in [-0.3, -0.25) is 4.79 Å². The third-order valence-corrected chi connectivity index (χ3v) is 8.02. The smallest absolute Gasteiger partial charge is 0.233 e. The maximum atomic E-state index is 13.2. The van der Waals surface area contributed by atoms with Gasteiger partial charge in [0.2, 0.25) is 5.91 Å².